The van der Waals surface area contributed by atoms with E-state index in [2.05, 4.69) is 34.9 Å². The number of carbonyl (C=O) groups excluding carboxylic acids is 1. The maximum atomic E-state index is 11.8. The predicted molar refractivity (Wildman–Crippen MR) is 109 cm³/mol. The van der Waals surface area contributed by atoms with Crippen LogP contribution in [0, 0.1) is 6.92 Å². The zero-order valence-corrected chi connectivity index (χ0v) is 16.0. The van der Waals surface area contributed by atoms with Crippen molar-refractivity contribution in [1.29, 1.82) is 0 Å². The highest BCUT2D eigenvalue weighted by atomic mass is 32.1. The molecule has 5 heteroatoms. The number of rotatable bonds is 4. The van der Waals surface area contributed by atoms with Gasteiger partial charge in [0.2, 0.25) is 0 Å². The Bertz CT molecular complexity index is 819. The third-order valence-electron chi connectivity index (χ3n) is 4.66. The molecule has 0 saturated heterocycles. The van der Waals surface area contributed by atoms with Gasteiger partial charge in [-0.1, -0.05) is 24.3 Å². The maximum absolute atomic E-state index is 11.8. The lowest BCUT2D eigenvalue weighted by Gasteiger charge is -2.27. The first kappa shape index (κ1) is 18.4. The Hall–Kier alpha value is -2.40. The number of anilines is 1. The fourth-order valence-electron chi connectivity index (χ4n) is 3.37. The fourth-order valence-corrected chi connectivity index (χ4v) is 3.62. The smallest absolute Gasteiger partial charge is 0.338 e. The van der Waals surface area contributed by atoms with Crippen molar-refractivity contribution in [2.24, 2.45) is 0 Å². The number of ether oxygens (including phenoxy) is 1. The van der Waals surface area contributed by atoms with Crippen molar-refractivity contribution >= 4 is 29.0 Å². The standard InChI is InChI=1S/C21H24N2O2S/c1-3-25-20(24)16-11-12-18(14(2)13-16)22-21(26)23-19-10-6-8-15-7-4-5-9-17(15)19/h4-5,7,9,11-13,19H,3,6,8,10H2,1-2H3,(H2,22,23,26). The van der Waals surface area contributed by atoms with Gasteiger partial charge in [-0.15, -0.1) is 0 Å². The third-order valence-corrected chi connectivity index (χ3v) is 4.88. The van der Waals surface area contributed by atoms with E-state index < -0.39 is 0 Å². The average molecular weight is 369 g/mol. The molecule has 0 heterocycles. The summed E-state index contributed by atoms with van der Waals surface area (Å²) in [6.07, 6.45) is 3.35. The molecule has 0 fully saturated rings. The van der Waals surface area contributed by atoms with Gasteiger partial charge in [0.25, 0.3) is 0 Å². The van der Waals surface area contributed by atoms with Crippen LogP contribution in [0.15, 0.2) is 42.5 Å². The second kappa shape index (κ2) is 8.32. The van der Waals surface area contributed by atoms with E-state index in [1.807, 2.05) is 19.1 Å². The van der Waals surface area contributed by atoms with Crippen LogP contribution in [0.25, 0.3) is 0 Å². The summed E-state index contributed by atoms with van der Waals surface area (Å²) < 4.78 is 5.04. The monoisotopic (exact) mass is 368 g/mol. The number of thiocarbonyl (C=S) groups is 1. The van der Waals surface area contributed by atoms with Crippen LogP contribution in [0.4, 0.5) is 5.69 Å². The minimum atomic E-state index is -0.304. The summed E-state index contributed by atoms with van der Waals surface area (Å²) in [5.41, 5.74) is 5.12. The van der Waals surface area contributed by atoms with Gasteiger partial charge >= 0.3 is 5.97 Å². The molecule has 1 unspecified atom stereocenters. The zero-order valence-electron chi connectivity index (χ0n) is 15.2. The lowest BCUT2D eigenvalue weighted by molar-refractivity contribution is 0.0526. The fraction of sp³-hybridized carbons (Fsp3) is 0.333. The van der Waals surface area contributed by atoms with Gasteiger partial charge in [-0.25, -0.2) is 4.79 Å². The van der Waals surface area contributed by atoms with E-state index in [4.69, 9.17) is 17.0 Å². The highest BCUT2D eigenvalue weighted by Crippen LogP contribution is 2.29. The third kappa shape index (κ3) is 4.22. The molecule has 1 aliphatic carbocycles. The van der Waals surface area contributed by atoms with E-state index in [9.17, 15) is 4.79 Å². The van der Waals surface area contributed by atoms with Crippen LogP contribution in [0.5, 0.6) is 0 Å². The average Bonchev–Trinajstić information content (AvgIpc) is 2.64. The minimum Gasteiger partial charge on any atom is -0.462 e. The molecule has 0 aliphatic heterocycles. The highest BCUT2D eigenvalue weighted by molar-refractivity contribution is 7.80. The van der Waals surface area contributed by atoms with Gasteiger partial charge < -0.3 is 15.4 Å². The largest absolute Gasteiger partial charge is 0.462 e. The van der Waals surface area contributed by atoms with Crippen molar-refractivity contribution in [3.8, 4) is 0 Å². The Morgan fingerprint density at radius 2 is 2.08 bits per heavy atom. The molecule has 4 nitrogen and oxygen atoms in total. The summed E-state index contributed by atoms with van der Waals surface area (Å²) in [5.74, 6) is -0.304. The van der Waals surface area contributed by atoms with E-state index in [1.54, 1.807) is 13.0 Å². The molecule has 1 atom stereocenters. The van der Waals surface area contributed by atoms with Crippen LogP contribution in [-0.4, -0.2) is 17.7 Å². The molecule has 26 heavy (non-hydrogen) atoms. The molecule has 0 amide bonds. The normalized spacial score (nSPS) is 15.7. The van der Waals surface area contributed by atoms with E-state index in [0.717, 1.165) is 30.5 Å². The molecule has 0 saturated carbocycles. The number of benzene rings is 2. The van der Waals surface area contributed by atoms with Gasteiger partial charge in [0.15, 0.2) is 5.11 Å². The van der Waals surface area contributed by atoms with Crippen molar-refractivity contribution in [3.63, 3.8) is 0 Å². The number of hydrogen-bond acceptors (Lipinski definition) is 3. The van der Waals surface area contributed by atoms with E-state index in [1.165, 1.54) is 11.1 Å². The lowest BCUT2D eigenvalue weighted by atomic mass is 9.88. The van der Waals surface area contributed by atoms with Gasteiger partial charge in [-0.05, 0) is 80.2 Å². The van der Waals surface area contributed by atoms with Crippen LogP contribution in [0.3, 0.4) is 0 Å². The topological polar surface area (TPSA) is 50.4 Å². The van der Waals surface area contributed by atoms with E-state index in [-0.39, 0.29) is 12.0 Å². The SMILES string of the molecule is CCOC(=O)c1ccc(NC(=S)NC2CCCc3ccccc32)c(C)c1. The first-order chi connectivity index (χ1) is 12.6. The Kier molecular flexibility index (Phi) is 5.89. The summed E-state index contributed by atoms with van der Waals surface area (Å²) in [5, 5.41) is 7.29. The summed E-state index contributed by atoms with van der Waals surface area (Å²) in [4.78, 5) is 11.8. The van der Waals surface area contributed by atoms with Gasteiger partial charge in [-0.3, -0.25) is 0 Å². The molecule has 2 aromatic rings. The lowest BCUT2D eigenvalue weighted by Crippen LogP contribution is -2.34. The minimum absolute atomic E-state index is 0.235. The molecule has 0 bridgehead atoms. The number of nitrogens with one attached hydrogen (secondary N) is 2. The Morgan fingerprint density at radius 3 is 2.85 bits per heavy atom. The highest BCUT2D eigenvalue weighted by Gasteiger charge is 2.20. The number of carbonyl (C=O) groups is 1. The second-order valence-corrected chi connectivity index (χ2v) is 6.90. The summed E-state index contributed by atoms with van der Waals surface area (Å²) in [7, 11) is 0. The van der Waals surface area contributed by atoms with Crippen molar-refractivity contribution in [2.75, 3.05) is 11.9 Å². The predicted octanol–water partition coefficient (Wildman–Crippen LogP) is 4.54. The molecule has 0 aromatic heterocycles. The first-order valence-electron chi connectivity index (χ1n) is 9.01. The van der Waals surface area contributed by atoms with E-state index >= 15 is 0 Å². The summed E-state index contributed by atoms with van der Waals surface area (Å²) >= 11 is 5.52. The molecule has 136 valence electrons. The quantitative estimate of drug-likeness (QED) is 0.613. The number of hydrogen-bond donors (Lipinski definition) is 2. The first-order valence-corrected chi connectivity index (χ1v) is 9.42. The molecule has 2 aromatic carbocycles. The molecule has 1 aliphatic rings. The van der Waals surface area contributed by atoms with Crippen molar-refractivity contribution in [1.82, 2.24) is 5.32 Å². The number of aryl methyl sites for hydroxylation is 2. The van der Waals surface area contributed by atoms with Gasteiger partial charge in [0, 0.05) is 5.69 Å². The van der Waals surface area contributed by atoms with Crippen molar-refractivity contribution in [3.05, 3.63) is 64.7 Å². The van der Waals surface area contributed by atoms with Crippen LogP contribution >= 0.6 is 12.2 Å². The molecule has 3 rings (SSSR count). The van der Waals surface area contributed by atoms with Crippen LogP contribution in [0.2, 0.25) is 0 Å². The zero-order chi connectivity index (χ0) is 18.5. The van der Waals surface area contributed by atoms with Gasteiger partial charge in [0.1, 0.15) is 0 Å². The summed E-state index contributed by atoms with van der Waals surface area (Å²) in [6, 6.07) is 14.2. The Morgan fingerprint density at radius 1 is 1.27 bits per heavy atom. The van der Waals surface area contributed by atoms with Crippen LogP contribution in [-0.2, 0) is 11.2 Å². The molecule has 2 N–H and O–H groups in total. The Labute approximate surface area is 160 Å². The number of esters is 1. The van der Waals surface area contributed by atoms with Crippen molar-refractivity contribution in [2.45, 2.75) is 39.2 Å². The molecule has 0 spiro atoms. The number of fused-ring (bicyclic) bond motifs is 1. The Balaban J connectivity index is 1.67. The maximum Gasteiger partial charge on any atom is 0.338 e. The van der Waals surface area contributed by atoms with Crippen molar-refractivity contribution < 1.29 is 9.53 Å². The second-order valence-electron chi connectivity index (χ2n) is 6.49. The van der Waals surface area contributed by atoms with Crippen LogP contribution in [0.1, 0.15) is 52.9 Å². The van der Waals surface area contributed by atoms with Gasteiger partial charge in [-0.2, -0.15) is 0 Å². The van der Waals surface area contributed by atoms with E-state index in [0.29, 0.717) is 17.3 Å². The summed E-state index contributed by atoms with van der Waals surface area (Å²) in [6.45, 7) is 4.12. The molecular weight excluding hydrogens is 344 g/mol. The van der Waals surface area contributed by atoms with Crippen LogP contribution < -0.4 is 10.6 Å². The van der Waals surface area contributed by atoms with Gasteiger partial charge in [0.05, 0.1) is 18.2 Å². The molecular formula is C21H24N2O2S. The molecule has 0 radical (unpaired) electrons.